The summed E-state index contributed by atoms with van der Waals surface area (Å²) in [5, 5.41) is 5.54. The molecule has 3 aromatic heterocycles. The van der Waals surface area contributed by atoms with Crippen molar-refractivity contribution in [3.8, 4) is 11.5 Å². The Morgan fingerprint density at radius 3 is 2.88 bits per heavy atom. The van der Waals surface area contributed by atoms with Crippen LogP contribution in [-0.2, 0) is 7.05 Å². The standard InChI is InChI=1S/C8H6N6O2S/c1-14-6-4(7(15)11-8(14)16)9-5(10-6)3-2-17-13-12-3/h2H,1H3,(H,9,10)(H,11,15,16). The van der Waals surface area contributed by atoms with Gasteiger partial charge in [0.1, 0.15) is 11.2 Å². The Kier molecular flexibility index (Phi) is 1.95. The minimum absolute atomic E-state index is 0.245. The fraction of sp³-hybridized carbons (Fsp3) is 0.125. The molecule has 0 saturated heterocycles. The van der Waals surface area contributed by atoms with E-state index in [1.54, 1.807) is 5.38 Å². The van der Waals surface area contributed by atoms with E-state index in [4.69, 9.17) is 0 Å². The number of aryl methyl sites for hydroxylation is 1. The van der Waals surface area contributed by atoms with Gasteiger partial charge in [-0.25, -0.2) is 9.78 Å². The number of hydrogen-bond donors (Lipinski definition) is 2. The lowest BCUT2D eigenvalue weighted by molar-refractivity contribution is 0.832. The lowest BCUT2D eigenvalue weighted by atomic mass is 10.5. The van der Waals surface area contributed by atoms with Gasteiger partial charge in [0.15, 0.2) is 11.5 Å². The summed E-state index contributed by atoms with van der Waals surface area (Å²) < 4.78 is 4.97. The van der Waals surface area contributed by atoms with Gasteiger partial charge in [-0.3, -0.25) is 14.3 Å². The zero-order valence-corrected chi connectivity index (χ0v) is 9.41. The van der Waals surface area contributed by atoms with E-state index < -0.39 is 11.2 Å². The van der Waals surface area contributed by atoms with Crippen LogP contribution in [0.3, 0.4) is 0 Å². The fourth-order valence-corrected chi connectivity index (χ4v) is 1.93. The number of aromatic nitrogens is 6. The Bertz CT molecular complexity index is 796. The molecule has 0 aromatic carbocycles. The summed E-state index contributed by atoms with van der Waals surface area (Å²) in [6.07, 6.45) is 0. The fourth-order valence-electron chi connectivity index (χ4n) is 1.49. The predicted molar refractivity (Wildman–Crippen MR) is 60.9 cm³/mol. The molecule has 3 aromatic rings. The smallest absolute Gasteiger partial charge is 0.329 e. The molecule has 0 fully saturated rings. The number of imidazole rings is 1. The quantitative estimate of drug-likeness (QED) is 0.603. The maximum Gasteiger partial charge on any atom is 0.329 e. The number of fused-ring (bicyclic) bond motifs is 1. The average Bonchev–Trinajstić information content (AvgIpc) is 2.94. The molecule has 9 heteroatoms. The van der Waals surface area contributed by atoms with Crippen LogP contribution in [0.2, 0.25) is 0 Å². The predicted octanol–water partition coefficient (Wildman–Crippen LogP) is -0.532. The number of nitrogens with zero attached hydrogens (tertiary/aromatic N) is 4. The molecule has 0 radical (unpaired) electrons. The monoisotopic (exact) mass is 250 g/mol. The van der Waals surface area contributed by atoms with Gasteiger partial charge in [0.25, 0.3) is 5.56 Å². The lowest BCUT2D eigenvalue weighted by Gasteiger charge is -1.94. The summed E-state index contributed by atoms with van der Waals surface area (Å²) in [4.78, 5) is 32.1. The van der Waals surface area contributed by atoms with Crippen molar-refractivity contribution in [2.45, 2.75) is 0 Å². The van der Waals surface area contributed by atoms with E-state index in [1.807, 2.05) is 0 Å². The van der Waals surface area contributed by atoms with Gasteiger partial charge in [-0.15, -0.1) is 5.10 Å². The molecule has 0 saturated carbocycles. The van der Waals surface area contributed by atoms with E-state index in [1.165, 1.54) is 23.1 Å². The molecule has 2 N–H and O–H groups in total. The molecule has 17 heavy (non-hydrogen) atoms. The second-order valence-corrected chi connectivity index (χ2v) is 4.00. The van der Waals surface area contributed by atoms with Crippen LogP contribution < -0.4 is 11.2 Å². The number of aromatic amines is 2. The SMILES string of the molecule is Cn1c(=O)[nH]c(=O)c2[nH]c(-c3csnn3)nc21. The highest BCUT2D eigenvalue weighted by Crippen LogP contribution is 2.15. The highest BCUT2D eigenvalue weighted by Gasteiger charge is 2.13. The van der Waals surface area contributed by atoms with E-state index in [0.29, 0.717) is 17.2 Å². The van der Waals surface area contributed by atoms with E-state index in [0.717, 1.165) is 0 Å². The second kappa shape index (κ2) is 3.35. The highest BCUT2D eigenvalue weighted by molar-refractivity contribution is 7.03. The van der Waals surface area contributed by atoms with Crippen LogP contribution in [0.25, 0.3) is 22.7 Å². The third-order valence-corrected chi connectivity index (χ3v) is 2.86. The first-order chi connectivity index (χ1) is 8.16. The first kappa shape index (κ1) is 9.90. The molecule has 8 nitrogen and oxygen atoms in total. The molecular weight excluding hydrogens is 244 g/mol. The summed E-state index contributed by atoms with van der Waals surface area (Å²) in [7, 11) is 1.53. The number of H-pyrrole nitrogens is 2. The Morgan fingerprint density at radius 1 is 1.35 bits per heavy atom. The van der Waals surface area contributed by atoms with Crippen LogP contribution in [-0.4, -0.2) is 29.1 Å². The van der Waals surface area contributed by atoms with Gasteiger partial charge in [-0.2, -0.15) is 0 Å². The van der Waals surface area contributed by atoms with Crippen LogP contribution in [0.5, 0.6) is 0 Å². The molecule has 0 atom stereocenters. The van der Waals surface area contributed by atoms with E-state index >= 15 is 0 Å². The molecule has 0 bridgehead atoms. The van der Waals surface area contributed by atoms with Crippen molar-refractivity contribution >= 4 is 22.7 Å². The number of nitrogens with one attached hydrogen (secondary N) is 2. The largest absolute Gasteiger partial charge is 0.331 e. The Balaban J connectivity index is 2.41. The van der Waals surface area contributed by atoms with Crippen molar-refractivity contribution in [2.24, 2.45) is 7.05 Å². The molecule has 0 aliphatic heterocycles. The van der Waals surface area contributed by atoms with E-state index in [-0.39, 0.29) is 5.52 Å². The number of hydrogen-bond acceptors (Lipinski definition) is 6. The summed E-state index contributed by atoms with van der Waals surface area (Å²) >= 11 is 1.18. The minimum Gasteiger partial charge on any atom is -0.331 e. The van der Waals surface area contributed by atoms with Crippen molar-refractivity contribution in [1.29, 1.82) is 0 Å². The summed E-state index contributed by atoms with van der Waals surface area (Å²) in [6.45, 7) is 0. The van der Waals surface area contributed by atoms with Crippen molar-refractivity contribution in [1.82, 2.24) is 29.1 Å². The number of rotatable bonds is 1. The molecule has 0 aliphatic carbocycles. The van der Waals surface area contributed by atoms with E-state index in [2.05, 4.69) is 24.5 Å². The third-order valence-electron chi connectivity index (χ3n) is 2.36. The van der Waals surface area contributed by atoms with Gasteiger partial charge < -0.3 is 4.98 Å². The average molecular weight is 250 g/mol. The third kappa shape index (κ3) is 1.40. The van der Waals surface area contributed by atoms with Crippen LogP contribution in [0.1, 0.15) is 0 Å². The van der Waals surface area contributed by atoms with Gasteiger partial charge in [-0.05, 0) is 11.5 Å². The van der Waals surface area contributed by atoms with Gasteiger partial charge in [-0.1, -0.05) is 4.49 Å². The molecule has 0 aliphatic rings. The summed E-state index contributed by atoms with van der Waals surface area (Å²) in [6, 6.07) is 0. The van der Waals surface area contributed by atoms with Gasteiger partial charge in [0.2, 0.25) is 0 Å². The Labute approximate surface area is 97.1 Å². The molecule has 0 spiro atoms. The van der Waals surface area contributed by atoms with Crippen LogP contribution in [0.4, 0.5) is 0 Å². The molecular formula is C8H6N6O2S. The lowest BCUT2D eigenvalue weighted by Crippen LogP contribution is -2.28. The molecule has 0 amide bonds. The highest BCUT2D eigenvalue weighted by atomic mass is 32.1. The molecule has 3 heterocycles. The maximum absolute atomic E-state index is 11.6. The minimum atomic E-state index is -0.503. The first-order valence-corrected chi connectivity index (χ1v) is 5.47. The Hall–Kier alpha value is -2.29. The van der Waals surface area contributed by atoms with Crippen molar-refractivity contribution in [3.63, 3.8) is 0 Å². The van der Waals surface area contributed by atoms with Gasteiger partial charge in [0.05, 0.1) is 0 Å². The molecule has 86 valence electrons. The maximum atomic E-state index is 11.6. The summed E-state index contributed by atoms with van der Waals surface area (Å²) in [5.74, 6) is 0.417. The molecule has 3 rings (SSSR count). The van der Waals surface area contributed by atoms with Crippen LogP contribution in [0, 0.1) is 0 Å². The zero-order chi connectivity index (χ0) is 12.0. The van der Waals surface area contributed by atoms with Gasteiger partial charge >= 0.3 is 5.69 Å². The van der Waals surface area contributed by atoms with Crippen molar-refractivity contribution in [2.75, 3.05) is 0 Å². The second-order valence-electron chi connectivity index (χ2n) is 3.39. The Morgan fingerprint density at radius 2 is 2.18 bits per heavy atom. The normalized spacial score (nSPS) is 11.1. The summed E-state index contributed by atoms with van der Waals surface area (Å²) in [5.41, 5.74) is 0.0805. The molecule has 0 unspecified atom stereocenters. The topological polar surface area (TPSA) is 109 Å². The van der Waals surface area contributed by atoms with E-state index in [9.17, 15) is 9.59 Å². The van der Waals surface area contributed by atoms with Crippen LogP contribution >= 0.6 is 11.5 Å². The van der Waals surface area contributed by atoms with Crippen LogP contribution in [0.15, 0.2) is 15.0 Å². The van der Waals surface area contributed by atoms with Gasteiger partial charge in [0, 0.05) is 12.4 Å². The zero-order valence-electron chi connectivity index (χ0n) is 8.59. The van der Waals surface area contributed by atoms with Crippen molar-refractivity contribution in [3.05, 3.63) is 26.2 Å². The first-order valence-electron chi connectivity index (χ1n) is 4.63. The van der Waals surface area contributed by atoms with Crippen molar-refractivity contribution < 1.29 is 0 Å².